The smallest absolute Gasteiger partial charge is 0.303 e. The zero-order valence-electron chi connectivity index (χ0n) is 18.3. The summed E-state index contributed by atoms with van der Waals surface area (Å²) < 4.78 is 0. The third kappa shape index (κ3) is 6.45. The number of carboxylic acid groups (broad SMARTS) is 1. The Kier molecular flexibility index (Phi) is 8.03. The SMILES string of the molecule is CCCC(C(=O)Nc1cc(Cc2ccc(CCC(=O)O)cc2)ccc1O)c1ccccc1. The van der Waals surface area contributed by atoms with Crippen LogP contribution in [0.25, 0.3) is 0 Å². The number of rotatable bonds is 10. The van der Waals surface area contributed by atoms with Crippen molar-refractivity contribution in [3.8, 4) is 5.75 Å². The molecule has 3 aromatic carbocycles. The second-order valence-electron chi connectivity index (χ2n) is 7.98. The average molecular weight is 432 g/mol. The van der Waals surface area contributed by atoms with Crippen molar-refractivity contribution in [3.05, 3.63) is 95.1 Å². The van der Waals surface area contributed by atoms with Gasteiger partial charge >= 0.3 is 5.97 Å². The fraction of sp³-hybridized carbons (Fsp3) is 0.259. The first-order chi connectivity index (χ1) is 15.5. The number of hydrogen-bond acceptors (Lipinski definition) is 3. The summed E-state index contributed by atoms with van der Waals surface area (Å²) in [5, 5.41) is 22.0. The summed E-state index contributed by atoms with van der Waals surface area (Å²) in [6.45, 7) is 2.05. The number of carbonyl (C=O) groups is 2. The van der Waals surface area contributed by atoms with Crippen LogP contribution in [0.15, 0.2) is 72.8 Å². The number of benzene rings is 3. The van der Waals surface area contributed by atoms with E-state index in [1.807, 2.05) is 67.6 Å². The quantitative estimate of drug-likeness (QED) is 0.369. The predicted octanol–water partition coefficient (Wildman–Crippen LogP) is 5.52. The lowest BCUT2D eigenvalue weighted by atomic mass is 9.93. The van der Waals surface area contributed by atoms with Crippen LogP contribution in [0.5, 0.6) is 5.75 Å². The fourth-order valence-corrected chi connectivity index (χ4v) is 3.75. The summed E-state index contributed by atoms with van der Waals surface area (Å²) in [6.07, 6.45) is 2.86. The highest BCUT2D eigenvalue weighted by atomic mass is 16.4. The molecule has 1 amide bonds. The lowest BCUT2D eigenvalue weighted by Gasteiger charge is -2.17. The van der Waals surface area contributed by atoms with Crippen LogP contribution >= 0.6 is 0 Å². The van der Waals surface area contributed by atoms with Gasteiger partial charge in [-0.2, -0.15) is 0 Å². The summed E-state index contributed by atoms with van der Waals surface area (Å²) in [6, 6.07) is 22.8. The molecule has 0 fully saturated rings. The number of nitrogens with one attached hydrogen (secondary N) is 1. The number of amides is 1. The van der Waals surface area contributed by atoms with E-state index < -0.39 is 5.97 Å². The number of hydrogen-bond donors (Lipinski definition) is 3. The molecule has 0 spiro atoms. The molecular weight excluding hydrogens is 402 g/mol. The lowest BCUT2D eigenvalue weighted by Crippen LogP contribution is -2.21. The van der Waals surface area contributed by atoms with Crippen LogP contribution in [0.2, 0.25) is 0 Å². The van der Waals surface area contributed by atoms with Gasteiger partial charge in [0.2, 0.25) is 5.91 Å². The minimum absolute atomic E-state index is 0.0365. The molecule has 0 heterocycles. The zero-order chi connectivity index (χ0) is 22.9. The lowest BCUT2D eigenvalue weighted by molar-refractivity contribution is -0.137. The van der Waals surface area contributed by atoms with E-state index in [-0.39, 0.29) is 24.0 Å². The highest BCUT2D eigenvalue weighted by molar-refractivity contribution is 5.97. The minimum atomic E-state index is -0.804. The Morgan fingerprint density at radius 1 is 0.906 bits per heavy atom. The van der Waals surface area contributed by atoms with E-state index in [2.05, 4.69) is 5.32 Å². The van der Waals surface area contributed by atoms with E-state index >= 15 is 0 Å². The topological polar surface area (TPSA) is 86.6 Å². The normalized spacial score (nSPS) is 11.7. The summed E-state index contributed by atoms with van der Waals surface area (Å²) >= 11 is 0. The van der Waals surface area contributed by atoms with E-state index in [1.165, 1.54) is 0 Å². The molecule has 0 saturated heterocycles. The number of aromatic hydroxyl groups is 1. The van der Waals surface area contributed by atoms with Gasteiger partial charge in [-0.05, 0) is 53.6 Å². The van der Waals surface area contributed by atoms with Crippen molar-refractivity contribution in [2.24, 2.45) is 0 Å². The van der Waals surface area contributed by atoms with E-state index in [0.717, 1.165) is 35.1 Å². The highest BCUT2D eigenvalue weighted by Crippen LogP contribution is 2.29. The van der Waals surface area contributed by atoms with Crippen LogP contribution in [0.1, 0.15) is 54.4 Å². The number of aliphatic carboxylic acids is 1. The number of carboxylic acids is 1. The van der Waals surface area contributed by atoms with Gasteiger partial charge in [0.25, 0.3) is 0 Å². The van der Waals surface area contributed by atoms with E-state index in [4.69, 9.17) is 5.11 Å². The van der Waals surface area contributed by atoms with Crippen molar-refractivity contribution in [2.45, 2.75) is 44.9 Å². The molecule has 5 nitrogen and oxygen atoms in total. The number of anilines is 1. The zero-order valence-corrected chi connectivity index (χ0v) is 18.3. The standard InChI is InChI=1S/C27H29NO4/c1-2-6-23(22-7-4-3-5-8-22)27(32)28-24-18-21(13-15-25(24)29)17-20-11-9-19(10-12-20)14-16-26(30)31/h3-5,7-13,15,18,23,29H,2,6,14,16-17H2,1H3,(H,28,32)(H,30,31). The Labute approximate surface area is 188 Å². The van der Waals surface area contributed by atoms with E-state index in [0.29, 0.717) is 18.5 Å². The van der Waals surface area contributed by atoms with Gasteiger partial charge in [0.15, 0.2) is 0 Å². The van der Waals surface area contributed by atoms with Crippen LogP contribution in [0, 0.1) is 0 Å². The fourth-order valence-electron chi connectivity index (χ4n) is 3.75. The molecule has 1 unspecified atom stereocenters. The van der Waals surface area contributed by atoms with Crippen LogP contribution < -0.4 is 5.32 Å². The second kappa shape index (κ2) is 11.1. The first-order valence-electron chi connectivity index (χ1n) is 10.9. The van der Waals surface area contributed by atoms with Gasteiger partial charge in [-0.1, -0.05) is 74.0 Å². The van der Waals surface area contributed by atoms with Gasteiger partial charge < -0.3 is 15.5 Å². The molecule has 5 heteroatoms. The van der Waals surface area contributed by atoms with E-state index in [9.17, 15) is 14.7 Å². The molecule has 0 aliphatic rings. The molecule has 0 aliphatic heterocycles. The molecule has 166 valence electrons. The largest absolute Gasteiger partial charge is 0.506 e. The average Bonchev–Trinajstić information content (AvgIpc) is 2.79. The van der Waals surface area contributed by atoms with Gasteiger partial charge in [0, 0.05) is 6.42 Å². The number of carbonyl (C=O) groups excluding carboxylic acids is 1. The maximum Gasteiger partial charge on any atom is 0.303 e. The molecule has 0 bridgehead atoms. The Morgan fingerprint density at radius 2 is 1.56 bits per heavy atom. The summed E-state index contributed by atoms with van der Waals surface area (Å²) in [5.41, 5.74) is 4.38. The van der Waals surface area contributed by atoms with Gasteiger partial charge in [0.1, 0.15) is 5.75 Å². The second-order valence-corrected chi connectivity index (χ2v) is 7.98. The number of phenols is 1. The molecule has 32 heavy (non-hydrogen) atoms. The Bertz CT molecular complexity index is 1050. The third-order valence-corrected chi connectivity index (χ3v) is 5.47. The first-order valence-corrected chi connectivity index (χ1v) is 10.9. The van der Waals surface area contributed by atoms with Crippen molar-refractivity contribution in [1.29, 1.82) is 0 Å². The van der Waals surface area contributed by atoms with Crippen LogP contribution in [0.4, 0.5) is 5.69 Å². The summed E-state index contributed by atoms with van der Waals surface area (Å²) in [7, 11) is 0. The number of aryl methyl sites for hydroxylation is 1. The monoisotopic (exact) mass is 431 g/mol. The van der Waals surface area contributed by atoms with Crippen molar-refractivity contribution < 1.29 is 19.8 Å². The third-order valence-electron chi connectivity index (χ3n) is 5.47. The Balaban J connectivity index is 1.71. The number of phenolic OH excluding ortho intramolecular Hbond substituents is 1. The van der Waals surface area contributed by atoms with Crippen molar-refractivity contribution in [1.82, 2.24) is 0 Å². The van der Waals surface area contributed by atoms with Gasteiger partial charge in [0.05, 0.1) is 11.6 Å². The maximum absolute atomic E-state index is 13.0. The minimum Gasteiger partial charge on any atom is -0.506 e. The van der Waals surface area contributed by atoms with Crippen LogP contribution in [-0.2, 0) is 22.4 Å². The Morgan fingerprint density at radius 3 is 2.22 bits per heavy atom. The molecular formula is C27H29NO4. The molecule has 0 radical (unpaired) electrons. The first kappa shape index (κ1) is 23.1. The Hall–Kier alpha value is -3.60. The molecule has 0 aliphatic carbocycles. The molecule has 1 atom stereocenters. The van der Waals surface area contributed by atoms with Crippen molar-refractivity contribution >= 4 is 17.6 Å². The molecule has 3 aromatic rings. The van der Waals surface area contributed by atoms with Crippen molar-refractivity contribution in [3.63, 3.8) is 0 Å². The van der Waals surface area contributed by atoms with Gasteiger partial charge in [-0.25, -0.2) is 0 Å². The van der Waals surface area contributed by atoms with E-state index in [1.54, 1.807) is 12.1 Å². The molecule has 0 saturated carbocycles. The van der Waals surface area contributed by atoms with Crippen molar-refractivity contribution in [2.75, 3.05) is 5.32 Å². The van der Waals surface area contributed by atoms with Crippen LogP contribution in [-0.4, -0.2) is 22.1 Å². The maximum atomic E-state index is 13.0. The predicted molar refractivity (Wildman–Crippen MR) is 126 cm³/mol. The van der Waals surface area contributed by atoms with Gasteiger partial charge in [-0.3, -0.25) is 9.59 Å². The van der Waals surface area contributed by atoms with Gasteiger partial charge in [-0.15, -0.1) is 0 Å². The molecule has 0 aromatic heterocycles. The highest BCUT2D eigenvalue weighted by Gasteiger charge is 2.20. The molecule has 3 rings (SSSR count). The summed E-state index contributed by atoms with van der Waals surface area (Å²) in [4.78, 5) is 23.7. The van der Waals surface area contributed by atoms with Crippen LogP contribution in [0.3, 0.4) is 0 Å². The molecule has 3 N–H and O–H groups in total. The summed E-state index contributed by atoms with van der Waals surface area (Å²) in [5.74, 6) is -1.17.